The molecule has 0 fully saturated rings. The first-order valence-electron chi connectivity index (χ1n) is 5.25. The minimum atomic E-state index is -1.05. The van der Waals surface area contributed by atoms with Gasteiger partial charge in [0, 0.05) is 11.1 Å². The van der Waals surface area contributed by atoms with Crippen molar-refractivity contribution in [2.24, 2.45) is 0 Å². The Morgan fingerprint density at radius 3 is 2.39 bits per heavy atom. The molecule has 0 amide bonds. The van der Waals surface area contributed by atoms with Gasteiger partial charge >= 0.3 is 0 Å². The van der Waals surface area contributed by atoms with Crippen LogP contribution in [0.25, 0.3) is 11.1 Å². The monoisotopic (exact) mass is 248 g/mol. The molecule has 4 heteroatoms. The second-order valence-electron chi connectivity index (χ2n) is 3.67. The van der Waals surface area contributed by atoms with E-state index in [9.17, 15) is 13.6 Å². The molecule has 0 atom stereocenters. The summed E-state index contributed by atoms with van der Waals surface area (Å²) >= 11 is 0. The Bertz CT molecular complexity index is 594. The first kappa shape index (κ1) is 12.2. The predicted octanol–water partition coefficient (Wildman–Crippen LogP) is 3.45. The highest BCUT2D eigenvalue weighted by Gasteiger charge is 2.13. The fourth-order valence-corrected chi connectivity index (χ4v) is 1.76. The molecule has 0 saturated heterocycles. The second kappa shape index (κ2) is 4.96. The lowest BCUT2D eigenvalue weighted by Gasteiger charge is -2.10. The van der Waals surface area contributed by atoms with Crippen LogP contribution >= 0.6 is 0 Å². The molecule has 2 aromatic carbocycles. The fourth-order valence-electron chi connectivity index (χ4n) is 1.76. The van der Waals surface area contributed by atoms with E-state index in [0.29, 0.717) is 23.2 Å². The van der Waals surface area contributed by atoms with Gasteiger partial charge in [-0.05, 0) is 23.8 Å². The maximum absolute atomic E-state index is 13.3. The molecule has 2 nitrogen and oxygen atoms in total. The van der Waals surface area contributed by atoms with Gasteiger partial charge in [-0.15, -0.1) is 0 Å². The van der Waals surface area contributed by atoms with Crippen LogP contribution in [-0.4, -0.2) is 13.4 Å². The average Bonchev–Trinajstić information content (AvgIpc) is 2.41. The summed E-state index contributed by atoms with van der Waals surface area (Å²) in [5, 5.41) is 0. The summed E-state index contributed by atoms with van der Waals surface area (Å²) < 4.78 is 31.5. The van der Waals surface area contributed by atoms with Gasteiger partial charge in [-0.25, -0.2) is 8.78 Å². The zero-order valence-electron chi connectivity index (χ0n) is 9.61. The fraction of sp³-hybridized carbons (Fsp3) is 0.0714. The van der Waals surface area contributed by atoms with Crippen LogP contribution in [0.5, 0.6) is 5.75 Å². The van der Waals surface area contributed by atoms with Gasteiger partial charge < -0.3 is 4.74 Å². The predicted molar refractivity (Wildman–Crippen MR) is 63.7 cm³/mol. The second-order valence-corrected chi connectivity index (χ2v) is 3.67. The van der Waals surface area contributed by atoms with Gasteiger partial charge in [-0.2, -0.15) is 0 Å². The molecule has 0 bridgehead atoms. The molecule has 0 heterocycles. The molecule has 92 valence electrons. The smallest absolute Gasteiger partial charge is 0.159 e. The van der Waals surface area contributed by atoms with E-state index in [1.54, 1.807) is 24.3 Å². The van der Waals surface area contributed by atoms with Crippen molar-refractivity contribution in [1.82, 2.24) is 0 Å². The van der Waals surface area contributed by atoms with Gasteiger partial charge in [0.05, 0.1) is 7.11 Å². The van der Waals surface area contributed by atoms with E-state index in [1.165, 1.54) is 7.11 Å². The molecular weight excluding hydrogens is 238 g/mol. The summed E-state index contributed by atoms with van der Waals surface area (Å²) in [4.78, 5) is 10.9. The lowest BCUT2D eigenvalue weighted by atomic mass is 9.99. The number of hydrogen-bond donors (Lipinski definition) is 0. The van der Waals surface area contributed by atoms with Crippen molar-refractivity contribution in [3.05, 3.63) is 53.6 Å². The summed E-state index contributed by atoms with van der Waals surface area (Å²) in [6.45, 7) is 0. The van der Waals surface area contributed by atoms with Gasteiger partial charge in [0.2, 0.25) is 0 Å². The van der Waals surface area contributed by atoms with Crippen molar-refractivity contribution in [1.29, 1.82) is 0 Å². The van der Waals surface area contributed by atoms with E-state index in [-0.39, 0.29) is 5.56 Å². The summed E-state index contributed by atoms with van der Waals surface area (Å²) in [5.74, 6) is -1.55. The molecule has 2 rings (SSSR count). The number of methoxy groups -OCH3 is 1. The molecule has 0 spiro atoms. The van der Waals surface area contributed by atoms with Crippen LogP contribution in [0.1, 0.15) is 10.4 Å². The Kier molecular flexibility index (Phi) is 3.37. The number of rotatable bonds is 3. The third-order valence-electron chi connectivity index (χ3n) is 2.62. The Morgan fingerprint density at radius 1 is 1.06 bits per heavy atom. The van der Waals surface area contributed by atoms with Crippen molar-refractivity contribution in [3.8, 4) is 16.9 Å². The van der Waals surface area contributed by atoms with Gasteiger partial charge in [-0.1, -0.05) is 18.2 Å². The summed E-state index contributed by atoms with van der Waals surface area (Å²) in [7, 11) is 1.47. The van der Waals surface area contributed by atoms with Crippen LogP contribution in [0.15, 0.2) is 36.4 Å². The van der Waals surface area contributed by atoms with Crippen LogP contribution in [0.3, 0.4) is 0 Å². The lowest BCUT2D eigenvalue weighted by molar-refractivity contribution is 0.112. The van der Waals surface area contributed by atoms with Crippen LogP contribution in [0.2, 0.25) is 0 Å². The molecule has 2 aromatic rings. The highest BCUT2D eigenvalue weighted by molar-refractivity contribution is 5.89. The molecule has 0 N–H and O–H groups in total. The van der Waals surface area contributed by atoms with Crippen molar-refractivity contribution < 1.29 is 18.3 Å². The Labute approximate surface area is 103 Å². The summed E-state index contributed by atoms with van der Waals surface area (Å²) in [6, 6.07) is 8.72. The van der Waals surface area contributed by atoms with Crippen LogP contribution in [0, 0.1) is 11.6 Å². The van der Waals surface area contributed by atoms with E-state index in [4.69, 9.17) is 4.74 Å². The largest absolute Gasteiger partial charge is 0.496 e. The summed E-state index contributed by atoms with van der Waals surface area (Å²) in [5.41, 5.74) is 0.931. The van der Waals surface area contributed by atoms with E-state index in [1.807, 2.05) is 0 Å². The number of ether oxygens (including phenoxy) is 1. The number of halogens is 2. The quantitative estimate of drug-likeness (QED) is 0.777. The zero-order valence-corrected chi connectivity index (χ0v) is 9.61. The first-order chi connectivity index (χ1) is 8.67. The minimum absolute atomic E-state index is 0.0819. The number of aldehydes is 1. The highest BCUT2D eigenvalue weighted by atomic mass is 19.2. The number of para-hydroxylation sites is 1. The van der Waals surface area contributed by atoms with Crippen molar-refractivity contribution >= 4 is 6.29 Å². The van der Waals surface area contributed by atoms with E-state index >= 15 is 0 Å². The van der Waals surface area contributed by atoms with Crippen LogP contribution < -0.4 is 4.74 Å². The number of hydrogen-bond acceptors (Lipinski definition) is 2. The van der Waals surface area contributed by atoms with Crippen LogP contribution in [-0.2, 0) is 0 Å². The molecule has 0 aliphatic rings. The Hall–Kier alpha value is -2.23. The topological polar surface area (TPSA) is 26.3 Å². The molecule has 0 aliphatic carbocycles. The molecule has 0 unspecified atom stereocenters. The maximum atomic E-state index is 13.3. The summed E-state index contributed by atoms with van der Waals surface area (Å²) in [6.07, 6.45) is 0.490. The molecule has 0 aromatic heterocycles. The van der Waals surface area contributed by atoms with Crippen LogP contribution in [0.4, 0.5) is 8.78 Å². The number of carbonyl (C=O) groups is 1. The average molecular weight is 248 g/mol. The highest BCUT2D eigenvalue weighted by Crippen LogP contribution is 2.32. The van der Waals surface area contributed by atoms with Gasteiger partial charge in [0.1, 0.15) is 5.75 Å². The molecule has 18 heavy (non-hydrogen) atoms. The molecule has 0 aliphatic heterocycles. The maximum Gasteiger partial charge on any atom is 0.159 e. The van der Waals surface area contributed by atoms with Crippen molar-refractivity contribution in [2.75, 3.05) is 7.11 Å². The number of carbonyl (C=O) groups excluding carboxylic acids is 1. The normalized spacial score (nSPS) is 10.2. The SMILES string of the molecule is COc1ccccc1-c1cc(F)c(F)cc1C=O. The first-order valence-corrected chi connectivity index (χ1v) is 5.25. The Balaban J connectivity index is 2.70. The third-order valence-corrected chi connectivity index (χ3v) is 2.62. The van der Waals surface area contributed by atoms with Gasteiger partial charge in [-0.3, -0.25) is 4.79 Å². The van der Waals surface area contributed by atoms with Crippen molar-refractivity contribution in [2.45, 2.75) is 0 Å². The zero-order chi connectivity index (χ0) is 13.1. The molecule has 0 radical (unpaired) electrons. The lowest BCUT2D eigenvalue weighted by Crippen LogP contribution is -1.95. The third kappa shape index (κ3) is 2.09. The number of benzene rings is 2. The van der Waals surface area contributed by atoms with Gasteiger partial charge in [0.25, 0.3) is 0 Å². The van der Waals surface area contributed by atoms with E-state index < -0.39 is 11.6 Å². The molecule has 0 saturated carbocycles. The minimum Gasteiger partial charge on any atom is -0.496 e. The van der Waals surface area contributed by atoms with E-state index in [0.717, 1.165) is 12.1 Å². The van der Waals surface area contributed by atoms with E-state index in [2.05, 4.69) is 0 Å². The Morgan fingerprint density at radius 2 is 1.72 bits per heavy atom. The van der Waals surface area contributed by atoms with Gasteiger partial charge in [0.15, 0.2) is 17.9 Å². The molecular formula is C14H10F2O2. The standard InChI is InChI=1S/C14H10F2O2/c1-18-14-5-3-2-4-10(14)11-7-13(16)12(15)6-9(11)8-17/h2-8H,1H3. The van der Waals surface area contributed by atoms with Crippen molar-refractivity contribution in [3.63, 3.8) is 0 Å².